The average Bonchev–Trinajstić information content (AvgIpc) is 2.44. The molecule has 1 aromatic carbocycles. The number of amides is 1. The molecule has 0 saturated carbocycles. The van der Waals surface area contributed by atoms with Crippen molar-refractivity contribution in [1.29, 1.82) is 0 Å². The van der Waals surface area contributed by atoms with Crippen molar-refractivity contribution in [3.05, 3.63) is 28.7 Å². The fourth-order valence-electron chi connectivity index (χ4n) is 1.93. The summed E-state index contributed by atoms with van der Waals surface area (Å²) in [6.07, 6.45) is 2.78. The predicted molar refractivity (Wildman–Crippen MR) is 82.7 cm³/mol. The minimum absolute atomic E-state index is 0.0135. The van der Waals surface area contributed by atoms with Gasteiger partial charge in [0.05, 0.1) is 0 Å². The smallest absolute Gasteiger partial charge is 0.257 e. The van der Waals surface area contributed by atoms with Crippen molar-refractivity contribution in [2.75, 3.05) is 19.8 Å². The van der Waals surface area contributed by atoms with Crippen molar-refractivity contribution in [2.24, 2.45) is 5.92 Å². The maximum absolute atomic E-state index is 11.7. The predicted octanol–water partition coefficient (Wildman–Crippen LogP) is 2.74. The van der Waals surface area contributed by atoms with E-state index in [4.69, 9.17) is 9.84 Å². The second-order valence-corrected chi connectivity index (χ2v) is 5.63. The van der Waals surface area contributed by atoms with Crippen molar-refractivity contribution in [1.82, 2.24) is 5.32 Å². The number of carbonyl (C=O) groups is 1. The highest BCUT2D eigenvalue weighted by atomic mass is 79.9. The second kappa shape index (κ2) is 9.77. The van der Waals surface area contributed by atoms with Gasteiger partial charge in [-0.1, -0.05) is 29.3 Å². The molecule has 0 fully saturated rings. The minimum Gasteiger partial charge on any atom is -0.484 e. The van der Waals surface area contributed by atoms with Gasteiger partial charge in [-0.2, -0.15) is 0 Å². The SMILES string of the molecule is CCCC(CCO)CNC(=O)COc1ccc(Br)cc1. The van der Waals surface area contributed by atoms with Crippen molar-refractivity contribution >= 4 is 21.8 Å². The molecule has 0 heterocycles. The monoisotopic (exact) mass is 343 g/mol. The van der Waals surface area contributed by atoms with Crippen LogP contribution in [0.25, 0.3) is 0 Å². The molecule has 4 nitrogen and oxygen atoms in total. The van der Waals surface area contributed by atoms with E-state index in [-0.39, 0.29) is 19.1 Å². The van der Waals surface area contributed by atoms with E-state index >= 15 is 0 Å². The minimum atomic E-state index is -0.132. The Morgan fingerprint density at radius 2 is 2.05 bits per heavy atom. The second-order valence-electron chi connectivity index (χ2n) is 4.71. The summed E-state index contributed by atoms with van der Waals surface area (Å²) < 4.78 is 6.37. The number of benzene rings is 1. The van der Waals surface area contributed by atoms with E-state index < -0.39 is 0 Å². The molecular weight excluding hydrogens is 322 g/mol. The summed E-state index contributed by atoms with van der Waals surface area (Å²) in [7, 11) is 0. The third-order valence-corrected chi connectivity index (χ3v) is 3.53. The number of hydrogen-bond acceptors (Lipinski definition) is 3. The first-order chi connectivity index (χ1) is 9.65. The van der Waals surface area contributed by atoms with Gasteiger partial charge in [0.25, 0.3) is 5.91 Å². The van der Waals surface area contributed by atoms with E-state index in [9.17, 15) is 4.79 Å². The molecule has 1 amide bonds. The van der Waals surface area contributed by atoms with Crippen LogP contribution in [0.2, 0.25) is 0 Å². The van der Waals surface area contributed by atoms with Crippen LogP contribution in [0.4, 0.5) is 0 Å². The van der Waals surface area contributed by atoms with Crippen molar-refractivity contribution in [3.63, 3.8) is 0 Å². The number of nitrogens with one attached hydrogen (secondary N) is 1. The maximum atomic E-state index is 11.7. The molecule has 5 heteroatoms. The number of rotatable bonds is 9. The van der Waals surface area contributed by atoms with Crippen LogP contribution in [-0.2, 0) is 4.79 Å². The highest BCUT2D eigenvalue weighted by Gasteiger charge is 2.09. The standard InChI is InChI=1S/C15H22BrNO3/c1-2-3-12(8-9-18)10-17-15(19)11-20-14-6-4-13(16)5-7-14/h4-7,12,18H,2-3,8-11H2,1H3,(H,17,19). The summed E-state index contributed by atoms with van der Waals surface area (Å²) in [4.78, 5) is 11.7. The fraction of sp³-hybridized carbons (Fsp3) is 0.533. The normalized spacial score (nSPS) is 11.9. The highest BCUT2D eigenvalue weighted by molar-refractivity contribution is 9.10. The van der Waals surface area contributed by atoms with Crippen LogP contribution in [-0.4, -0.2) is 30.8 Å². The van der Waals surface area contributed by atoms with Crippen LogP contribution in [0.5, 0.6) is 5.75 Å². The molecule has 0 spiro atoms. The lowest BCUT2D eigenvalue weighted by molar-refractivity contribution is -0.123. The lowest BCUT2D eigenvalue weighted by Crippen LogP contribution is -2.33. The summed E-state index contributed by atoms with van der Waals surface area (Å²) in [6, 6.07) is 7.35. The topological polar surface area (TPSA) is 58.6 Å². The largest absolute Gasteiger partial charge is 0.484 e. The molecule has 1 rings (SSSR count). The number of aliphatic hydroxyl groups excluding tert-OH is 1. The van der Waals surface area contributed by atoms with Crippen molar-refractivity contribution in [2.45, 2.75) is 26.2 Å². The van der Waals surface area contributed by atoms with Gasteiger partial charge in [0.15, 0.2) is 6.61 Å². The van der Waals surface area contributed by atoms with Gasteiger partial charge < -0.3 is 15.2 Å². The summed E-state index contributed by atoms with van der Waals surface area (Å²) >= 11 is 3.34. The molecule has 0 bridgehead atoms. The van der Waals surface area contributed by atoms with E-state index in [0.29, 0.717) is 18.2 Å². The van der Waals surface area contributed by atoms with Crippen LogP contribution in [0.15, 0.2) is 28.7 Å². The van der Waals surface area contributed by atoms with Gasteiger partial charge in [-0.25, -0.2) is 0 Å². The van der Waals surface area contributed by atoms with Crippen LogP contribution in [0, 0.1) is 5.92 Å². The fourth-order valence-corrected chi connectivity index (χ4v) is 2.19. The van der Waals surface area contributed by atoms with Gasteiger partial charge in [-0.3, -0.25) is 4.79 Å². The highest BCUT2D eigenvalue weighted by Crippen LogP contribution is 2.15. The van der Waals surface area contributed by atoms with Crippen LogP contribution in [0.1, 0.15) is 26.2 Å². The molecule has 1 unspecified atom stereocenters. The third-order valence-electron chi connectivity index (χ3n) is 3.01. The zero-order valence-corrected chi connectivity index (χ0v) is 13.4. The number of ether oxygens (including phenoxy) is 1. The van der Waals surface area contributed by atoms with Gasteiger partial charge in [-0.15, -0.1) is 0 Å². The molecule has 0 aliphatic heterocycles. The van der Waals surface area contributed by atoms with Gasteiger partial charge in [0.2, 0.25) is 0 Å². The number of aliphatic hydroxyl groups is 1. The Morgan fingerprint density at radius 3 is 2.65 bits per heavy atom. The molecule has 0 aliphatic carbocycles. The van der Waals surface area contributed by atoms with Crippen LogP contribution < -0.4 is 10.1 Å². The molecule has 0 saturated heterocycles. The van der Waals surface area contributed by atoms with E-state index in [1.807, 2.05) is 24.3 Å². The molecule has 0 aliphatic rings. The molecule has 1 atom stereocenters. The lowest BCUT2D eigenvalue weighted by Gasteiger charge is -2.15. The zero-order valence-electron chi connectivity index (χ0n) is 11.8. The Bertz CT molecular complexity index is 389. The molecule has 112 valence electrons. The molecule has 0 radical (unpaired) electrons. The van der Waals surface area contributed by atoms with Gasteiger partial charge in [0, 0.05) is 17.6 Å². The van der Waals surface area contributed by atoms with Crippen LogP contribution in [0.3, 0.4) is 0 Å². The number of carbonyl (C=O) groups excluding carboxylic acids is 1. The van der Waals surface area contributed by atoms with Gasteiger partial charge in [0.1, 0.15) is 5.75 Å². The first-order valence-corrected chi connectivity index (χ1v) is 7.71. The molecule has 2 N–H and O–H groups in total. The molecular formula is C15H22BrNO3. The Hall–Kier alpha value is -1.07. The Kier molecular flexibility index (Phi) is 8.30. The van der Waals surface area contributed by atoms with E-state index in [2.05, 4.69) is 28.2 Å². The first kappa shape index (κ1) is 17.0. The van der Waals surface area contributed by atoms with Crippen molar-refractivity contribution in [3.8, 4) is 5.75 Å². The average molecular weight is 344 g/mol. The molecule has 1 aromatic rings. The molecule has 0 aromatic heterocycles. The summed E-state index contributed by atoms with van der Waals surface area (Å²) in [5.74, 6) is 0.873. The Morgan fingerprint density at radius 1 is 1.35 bits per heavy atom. The maximum Gasteiger partial charge on any atom is 0.257 e. The number of hydrogen-bond donors (Lipinski definition) is 2. The third kappa shape index (κ3) is 6.91. The molecule has 20 heavy (non-hydrogen) atoms. The van der Waals surface area contributed by atoms with E-state index in [0.717, 1.165) is 23.7 Å². The summed E-state index contributed by atoms with van der Waals surface area (Å²) in [5.41, 5.74) is 0. The zero-order chi connectivity index (χ0) is 14.8. The summed E-state index contributed by atoms with van der Waals surface area (Å²) in [6.45, 7) is 2.87. The van der Waals surface area contributed by atoms with Gasteiger partial charge >= 0.3 is 0 Å². The Labute approximate surface area is 128 Å². The quantitative estimate of drug-likeness (QED) is 0.724. The van der Waals surface area contributed by atoms with Gasteiger partial charge in [-0.05, 0) is 43.0 Å². The number of halogens is 1. The van der Waals surface area contributed by atoms with E-state index in [1.165, 1.54) is 0 Å². The summed E-state index contributed by atoms with van der Waals surface area (Å²) in [5, 5.41) is 11.8. The lowest BCUT2D eigenvalue weighted by atomic mass is 10.0. The first-order valence-electron chi connectivity index (χ1n) is 6.91. The Balaban J connectivity index is 2.27. The van der Waals surface area contributed by atoms with E-state index in [1.54, 1.807) is 0 Å². The van der Waals surface area contributed by atoms with Crippen LogP contribution >= 0.6 is 15.9 Å². The van der Waals surface area contributed by atoms with Crippen molar-refractivity contribution < 1.29 is 14.6 Å².